The Balaban J connectivity index is 1.48. The van der Waals surface area contributed by atoms with E-state index in [1.165, 1.54) is 4.68 Å². The van der Waals surface area contributed by atoms with Crippen LogP contribution in [0.2, 0.25) is 10.2 Å². The van der Waals surface area contributed by atoms with Crippen molar-refractivity contribution in [2.45, 2.75) is 13.5 Å². The van der Waals surface area contributed by atoms with Gasteiger partial charge in [-0.25, -0.2) is 9.48 Å². The Bertz CT molecular complexity index is 1150. The summed E-state index contributed by atoms with van der Waals surface area (Å²) in [6.45, 7) is 1.50. The third-order valence-electron chi connectivity index (χ3n) is 4.09. The van der Waals surface area contributed by atoms with E-state index in [4.69, 9.17) is 32.4 Å². The molecule has 0 aliphatic heterocycles. The molecule has 4 rings (SSSR count). The van der Waals surface area contributed by atoms with Crippen LogP contribution in [0, 0.1) is 6.92 Å². The second-order valence-corrected chi connectivity index (χ2v) is 6.88. The number of halogens is 2. The number of rotatable bonds is 5. The molecular formula is C20H14Cl2N4O3. The predicted octanol–water partition coefficient (Wildman–Crippen LogP) is 4.89. The molecular weight excluding hydrogens is 415 g/mol. The molecule has 9 heteroatoms. The van der Waals surface area contributed by atoms with Crippen molar-refractivity contribution in [3.8, 4) is 17.1 Å². The molecule has 0 atom stereocenters. The van der Waals surface area contributed by atoms with Crippen LogP contribution in [-0.4, -0.2) is 25.9 Å². The van der Waals surface area contributed by atoms with Gasteiger partial charge in [-0.05, 0) is 43.3 Å². The monoisotopic (exact) mass is 428 g/mol. The normalized spacial score (nSPS) is 10.9. The van der Waals surface area contributed by atoms with E-state index in [0.29, 0.717) is 22.2 Å². The van der Waals surface area contributed by atoms with Crippen LogP contribution in [0.5, 0.6) is 0 Å². The summed E-state index contributed by atoms with van der Waals surface area (Å²) in [4.78, 5) is 12.6. The van der Waals surface area contributed by atoms with Gasteiger partial charge in [0.05, 0.1) is 11.4 Å². The Hall–Kier alpha value is -3.16. The molecule has 146 valence electrons. The molecule has 0 saturated carbocycles. The van der Waals surface area contributed by atoms with Crippen LogP contribution in [0.3, 0.4) is 0 Å². The van der Waals surface area contributed by atoms with E-state index in [1.54, 1.807) is 31.2 Å². The molecule has 0 saturated heterocycles. The van der Waals surface area contributed by atoms with E-state index in [1.807, 2.05) is 30.3 Å². The first-order valence-corrected chi connectivity index (χ1v) is 9.34. The molecule has 4 aromatic rings. The number of benzene rings is 2. The minimum absolute atomic E-state index is 0.160. The highest BCUT2D eigenvalue weighted by molar-refractivity contribution is 6.33. The molecule has 2 aromatic carbocycles. The maximum Gasteiger partial charge on any atom is 0.343 e. The van der Waals surface area contributed by atoms with Crippen LogP contribution in [-0.2, 0) is 11.3 Å². The highest BCUT2D eigenvalue weighted by Gasteiger charge is 2.23. The third-order valence-corrected chi connectivity index (χ3v) is 4.69. The lowest BCUT2D eigenvalue weighted by atomic mass is 10.2. The minimum atomic E-state index is -0.624. The number of aryl methyl sites for hydroxylation is 1. The Morgan fingerprint density at radius 3 is 2.52 bits per heavy atom. The van der Waals surface area contributed by atoms with Crippen molar-refractivity contribution >= 4 is 29.2 Å². The van der Waals surface area contributed by atoms with Gasteiger partial charge in [0.25, 0.3) is 5.89 Å². The Morgan fingerprint density at radius 1 is 1.07 bits per heavy atom. The van der Waals surface area contributed by atoms with E-state index < -0.39 is 5.97 Å². The van der Waals surface area contributed by atoms with Gasteiger partial charge < -0.3 is 9.15 Å². The highest BCUT2D eigenvalue weighted by Crippen LogP contribution is 2.25. The molecule has 0 bridgehead atoms. The number of ether oxygens (including phenoxy) is 1. The summed E-state index contributed by atoms with van der Waals surface area (Å²) in [6, 6.07) is 16.2. The predicted molar refractivity (Wildman–Crippen MR) is 107 cm³/mol. The summed E-state index contributed by atoms with van der Waals surface area (Å²) >= 11 is 12.2. The zero-order valence-electron chi connectivity index (χ0n) is 15.2. The first kappa shape index (κ1) is 19.2. The zero-order chi connectivity index (χ0) is 20.4. The quantitative estimate of drug-likeness (QED) is 0.420. The molecule has 29 heavy (non-hydrogen) atoms. The average Bonchev–Trinajstić information content (AvgIpc) is 3.32. The van der Waals surface area contributed by atoms with E-state index in [0.717, 1.165) is 5.69 Å². The van der Waals surface area contributed by atoms with Crippen LogP contribution in [0.1, 0.15) is 21.9 Å². The summed E-state index contributed by atoms with van der Waals surface area (Å²) in [5.74, 6) is -0.160. The van der Waals surface area contributed by atoms with Crippen molar-refractivity contribution in [1.29, 1.82) is 0 Å². The van der Waals surface area contributed by atoms with Gasteiger partial charge in [-0.1, -0.05) is 41.4 Å². The van der Waals surface area contributed by atoms with Gasteiger partial charge in [-0.15, -0.1) is 10.2 Å². The van der Waals surface area contributed by atoms with E-state index in [-0.39, 0.29) is 23.2 Å². The summed E-state index contributed by atoms with van der Waals surface area (Å²) in [5, 5.41) is 13.0. The van der Waals surface area contributed by atoms with Crippen molar-refractivity contribution in [3.63, 3.8) is 0 Å². The zero-order valence-corrected chi connectivity index (χ0v) is 16.7. The largest absolute Gasteiger partial charge is 0.452 e. The molecule has 2 aromatic heterocycles. The molecule has 7 nitrogen and oxygen atoms in total. The minimum Gasteiger partial charge on any atom is -0.452 e. The molecule has 0 fully saturated rings. The van der Waals surface area contributed by atoms with Crippen LogP contribution >= 0.6 is 23.2 Å². The van der Waals surface area contributed by atoms with Crippen molar-refractivity contribution < 1.29 is 13.9 Å². The first-order valence-electron chi connectivity index (χ1n) is 8.59. The number of carbonyl (C=O) groups is 1. The Kier molecular flexibility index (Phi) is 5.33. The smallest absolute Gasteiger partial charge is 0.343 e. The fraction of sp³-hybridized carbons (Fsp3) is 0.100. The number of para-hydroxylation sites is 1. The van der Waals surface area contributed by atoms with Crippen LogP contribution < -0.4 is 0 Å². The Labute approximate surface area is 175 Å². The van der Waals surface area contributed by atoms with Gasteiger partial charge in [0, 0.05) is 10.6 Å². The number of hydrogen-bond donors (Lipinski definition) is 0. The number of hydrogen-bond acceptors (Lipinski definition) is 6. The number of esters is 1. The van der Waals surface area contributed by atoms with E-state index >= 15 is 0 Å². The van der Waals surface area contributed by atoms with Gasteiger partial charge in [0.1, 0.15) is 10.7 Å². The number of carbonyl (C=O) groups excluding carboxylic acids is 1. The second kappa shape index (κ2) is 8.06. The molecule has 0 amide bonds. The van der Waals surface area contributed by atoms with Gasteiger partial charge >= 0.3 is 5.97 Å². The lowest BCUT2D eigenvalue weighted by molar-refractivity contribution is 0.0438. The lowest BCUT2D eigenvalue weighted by Crippen LogP contribution is -2.07. The first-order chi connectivity index (χ1) is 14.0. The highest BCUT2D eigenvalue weighted by atomic mass is 35.5. The molecule has 0 aliphatic rings. The maximum absolute atomic E-state index is 12.6. The number of aromatic nitrogens is 4. The standard InChI is InChI=1S/C20H14Cl2N4O3/c1-12-17(18(22)26(25-12)15-5-3-2-4-6-15)20(27)28-11-16-23-24-19(29-16)13-7-9-14(21)10-8-13/h2-10H,11H2,1H3. The summed E-state index contributed by atoms with van der Waals surface area (Å²) in [6.07, 6.45) is 0. The fourth-order valence-corrected chi connectivity index (χ4v) is 3.17. The maximum atomic E-state index is 12.6. The SMILES string of the molecule is Cc1nn(-c2ccccc2)c(Cl)c1C(=O)OCc1nnc(-c2ccc(Cl)cc2)o1. The molecule has 0 radical (unpaired) electrons. The van der Waals surface area contributed by atoms with Gasteiger partial charge in [-0.3, -0.25) is 0 Å². The third kappa shape index (κ3) is 4.01. The molecule has 0 unspecified atom stereocenters. The van der Waals surface area contributed by atoms with Gasteiger partial charge in [0.15, 0.2) is 6.61 Å². The molecule has 0 N–H and O–H groups in total. The molecule has 0 spiro atoms. The van der Waals surface area contributed by atoms with Crippen molar-refractivity contribution in [3.05, 3.63) is 81.9 Å². The van der Waals surface area contributed by atoms with Gasteiger partial charge in [-0.2, -0.15) is 5.10 Å². The number of nitrogens with zero attached hydrogens (tertiary/aromatic N) is 4. The average molecular weight is 429 g/mol. The molecule has 2 heterocycles. The van der Waals surface area contributed by atoms with Gasteiger partial charge in [0.2, 0.25) is 5.89 Å². The summed E-state index contributed by atoms with van der Waals surface area (Å²) in [7, 11) is 0. The van der Waals surface area contributed by atoms with Crippen LogP contribution in [0.4, 0.5) is 0 Å². The van der Waals surface area contributed by atoms with E-state index in [9.17, 15) is 4.79 Å². The van der Waals surface area contributed by atoms with Crippen molar-refractivity contribution in [2.75, 3.05) is 0 Å². The Morgan fingerprint density at radius 2 is 1.79 bits per heavy atom. The molecule has 0 aliphatic carbocycles. The van der Waals surface area contributed by atoms with Crippen LogP contribution in [0.15, 0.2) is 59.0 Å². The van der Waals surface area contributed by atoms with Crippen molar-refractivity contribution in [1.82, 2.24) is 20.0 Å². The summed E-state index contributed by atoms with van der Waals surface area (Å²) in [5.41, 5.74) is 2.09. The van der Waals surface area contributed by atoms with Crippen molar-refractivity contribution in [2.24, 2.45) is 0 Å². The summed E-state index contributed by atoms with van der Waals surface area (Å²) < 4.78 is 12.3. The lowest BCUT2D eigenvalue weighted by Gasteiger charge is -2.03. The topological polar surface area (TPSA) is 83.0 Å². The second-order valence-electron chi connectivity index (χ2n) is 6.08. The van der Waals surface area contributed by atoms with E-state index in [2.05, 4.69) is 15.3 Å². The van der Waals surface area contributed by atoms with Crippen LogP contribution in [0.25, 0.3) is 17.1 Å². The fourth-order valence-electron chi connectivity index (χ4n) is 2.69.